The van der Waals surface area contributed by atoms with Crippen LogP contribution in [0, 0.1) is 26.1 Å². The summed E-state index contributed by atoms with van der Waals surface area (Å²) in [4.78, 5) is 49.2. The highest BCUT2D eigenvalue weighted by molar-refractivity contribution is 5.98. The van der Waals surface area contributed by atoms with E-state index in [0.29, 0.717) is 0 Å². The highest BCUT2D eigenvalue weighted by atomic mass is 16.7. The number of rotatable bonds is 8. The third kappa shape index (κ3) is 5.49. The van der Waals surface area contributed by atoms with Crippen molar-refractivity contribution in [1.82, 2.24) is 10.8 Å². The summed E-state index contributed by atoms with van der Waals surface area (Å²) >= 11 is 0. The molecule has 0 aliphatic heterocycles. The van der Waals surface area contributed by atoms with Crippen molar-refractivity contribution in [3.63, 3.8) is 0 Å². The number of amides is 2. The fourth-order valence-corrected chi connectivity index (χ4v) is 1.90. The first-order chi connectivity index (χ1) is 11.7. The molecule has 0 bridgehead atoms. The second-order valence-corrected chi connectivity index (χ2v) is 5.35. The number of hydrogen-bond donors (Lipinski definition) is 2. The lowest BCUT2D eigenvalue weighted by atomic mass is 10.0. The molecule has 1 atom stereocenters. The molecule has 0 aliphatic carbocycles. The van der Waals surface area contributed by atoms with Crippen LogP contribution in [-0.2, 0) is 9.63 Å². The maximum atomic E-state index is 12.3. The van der Waals surface area contributed by atoms with Crippen LogP contribution < -0.4 is 10.8 Å². The van der Waals surface area contributed by atoms with Gasteiger partial charge in [-0.15, -0.1) is 0 Å². The maximum Gasteiger partial charge on any atom is 0.277 e. The third-order valence-corrected chi connectivity index (χ3v) is 3.14. The maximum absolute atomic E-state index is 12.3. The number of benzene rings is 1. The van der Waals surface area contributed by atoms with E-state index in [1.54, 1.807) is 20.8 Å². The number of nitrogens with zero attached hydrogens (tertiary/aromatic N) is 2. The van der Waals surface area contributed by atoms with Crippen LogP contribution in [-0.4, -0.2) is 34.3 Å². The van der Waals surface area contributed by atoms with Crippen LogP contribution in [0.15, 0.2) is 18.2 Å². The molecule has 2 amide bonds. The zero-order valence-corrected chi connectivity index (χ0v) is 13.8. The number of carbonyl (C=O) groups excluding carboxylic acids is 2. The van der Waals surface area contributed by atoms with Crippen molar-refractivity contribution < 1.29 is 24.3 Å². The van der Waals surface area contributed by atoms with Crippen molar-refractivity contribution in [3.8, 4) is 0 Å². The molecule has 1 aromatic carbocycles. The Hall–Kier alpha value is -3.08. The summed E-state index contributed by atoms with van der Waals surface area (Å²) in [5, 5.41) is 24.2. The molecule has 0 heterocycles. The summed E-state index contributed by atoms with van der Waals surface area (Å²) in [6.07, 6.45) is 0. The molecular weight excluding hydrogens is 336 g/mol. The fourth-order valence-electron chi connectivity index (χ4n) is 1.90. The molecule has 136 valence electrons. The Morgan fingerprint density at radius 2 is 1.64 bits per heavy atom. The van der Waals surface area contributed by atoms with Crippen LogP contribution in [0.1, 0.15) is 31.1 Å². The lowest BCUT2D eigenvalue weighted by molar-refractivity contribution is -0.394. The summed E-state index contributed by atoms with van der Waals surface area (Å²) in [5.74, 6) is -1.78. The van der Waals surface area contributed by atoms with Crippen LogP contribution in [0.2, 0.25) is 0 Å². The minimum absolute atomic E-state index is 0.224. The van der Waals surface area contributed by atoms with Crippen LogP contribution >= 0.6 is 0 Å². The quantitative estimate of drug-likeness (QED) is 0.527. The van der Waals surface area contributed by atoms with Gasteiger partial charge in [0.2, 0.25) is 0 Å². The molecule has 0 spiro atoms. The van der Waals surface area contributed by atoms with E-state index in [-0.39, 0.29) is 18.1 Å². The van der Waals surface area contributed by atoms with E-state index >= 15 is 0 Å². The number of nitro benzene ring substituents is 2. The lowest BCUT2D eigenvalue weighted by Crippen LogP contribution is -2.49. The second kappa shape index (κ2) is 8.68. The molecular formula is C14H18N4O7. The van der Waals surface area contributed by atoms with E-state index < -0.39 is 39.1 Å². The number of carbonyl (C=O) groups is 2. The average Bonchev–Trinajstić information content (AvgIpc) is 2.56. The SMILES string of the molecule is CCONC(=O)[C@@H](NC(=O)c1cc([N+](=O)[O-])cc([N+](=O)[O-])c1)C(C)C. The molecule has 0 saturated carbocycles. The number of nitro groups is 2. The molecule has 11 nitrogen and oxygen atoms in total. The number of nitrogens with one attached hydrogen (secondary N) is 2. The van der Waals surface area contributed by atoms with E-state index in [1.807, 2.05) is 0 Å². The Morgan fingerprint density at radius 3 is 2.04 bits per heavy atom. The minimum atomic E-state index is -0.989. The molecule has 11 heteroatoms. The van der Waals surface area contributed by atoms with E-state index in [1.165, 1.54) is 0 Å². The van der Waals surface area contributed by atoms with Gasteiger partial charge in [-0.3, -0.25) is 34.7 Å². The first-order valence-corrected chi connectivity index (χ1v) is 7.33. The summed E-state index contributed by atoms with van der Waals surface area (Å²) in [5.41, 5.74) is 0.668. The van der Waals surface area contributed by atoms with Gasteiger partial charge >= 0.3 is 0 Å². The van der Waals surface area contributed by atoms with Gasteiger partial charge < -0.3 is 5.32 Å². The lowest BCUT2D eigenvalue weighted by Gasteiger charge is -2.21. The van der Waals surface area contributed by atoms with Crippen molar-refractivity contribution in [2.75, 3.05) is 6.61 Å². The summed E-state index contributed by atoms with van der Waals surface area (Å²) in [6.45, 7) is 5.23. The van der Waals surface area contributed by atoms with Crippen molar-refractivity contribution in [1.29, 1.82) is 0 Å². The first-order valence-electron chi connectivity index (χ1n) is 7.33. The van der Waals surface area contributed by atoms with Gasteiger partial charge in [-0.25, -0.2) is 5.48 Å². The Balaban J connectivity index is 3.10. The zero-order chi connectivity index (χ0) is 19.1. The predicted octanol–water partition coefficient (Wildman–Crippen LogP) is 1.33. The first kappa shape index (κ1) is 20.0. The molecule has 0 radical (unpaired) electrons. The molecule has 25 heavy (non-hydrogen) atoms. The molecule has 0 aromatic heterocycles. The van der Waals surface area contributed by atoms with Gasteiger partial charge in [0.25, 0.3) is 23.2 Å². The highest BCUT2D eigenvalue weighted by Crippen LogP contribution is 2.22. The Kier molecular flexibility index (Phi) is 6.93. The largest absolute Gasteiger partial charge is 0.340 e. The number of non-ortho nitro benzene ring substituents is 2. The standard InChI is InChI=1S/C14H18N4O7/c1-4-25-16-14(20)12(8(2)3)15-13(19)9-5-10(17(21)22)7-11(6-9)18(23)24/h5-8,12H,4H2,1-3H3,(H,15,19)(H,16,20)/t12-/m0/s1. The van der Waals surface area contributed by atoms with Crippen LogP contribution in [0.4, 0.5) is 11.4 Å². The van der Waals surface area contributed by atoms with Crippen molar-refractivity contribution in [3.05, 3.63) is 44.0 Å². The van der Waals surface area contributed by atoms with Gasteiger partial charge in [-0.1, -0.05) is 13.8 Å². The zero-order valence-electron chi connectivity index (χ0n) is 13.8. The third-order valence-electron chi connectivity index (χ3n) is 3.14. The average molecular weight is 354 g/mol. The van der Waals surface area contributed by atoms with Crippen molar-refractivity contribution in [2.45, 2.75) is 26.8 Å². The van der Waals surface area contributed by atoms with Gasteiger partial charge in [0, 0.05) is 12.1 Å². The predicted molar refractivity (Wildman–Crippen MR) is 85.6 cm³/mol. The van der Waals surface area contributed by atoms with Crippen molar-refractivity contribution in [2.24, 2.45) is 5.92 Å². The van der Waals surface area contributed by atoms with Gasteiger partial charge in [-0.2, -0.15) is 0 Å². The molecule has 0 saturated heterocycles. The minimum Gasteiger partial charge on any atom is -0.340 e. The van der Waals surface area contributed by atoms with Gasteiger partial charge in [0.15, 0.2) is 0 Å². The van der Waals surface area contributed by atoms with E-state index in [9.17, 15) is 29.8 Å². The molecule has 1 aromatic rings. The Labute approximate surface area is 142 Å². The summed E-state index contributed by atoms with van der Waals surface area (Å²) in [6, 6.07) is 1.57. The Morgan fingerprint density at radius 1 is 1.12 bits per heavy atom. The molecule has 0 unspecified atom stereocenters. The second-order valence-electron chi connectivity index (χ2n) is 5.35. The van der Waals surface area contributed by atoms with Gasteiger partial charge in [0.1, 0.15) is 6.04 Å². The fraction of sp³-hybridized carbons (Fsp3) is 0.429. The number of hydrogen-bond acceptors (Lipinski definition) is 7. The van der Waals surface area contributed by atoms with E-state index in [4.69, 9.17) is 4.84 Å². The Bertz CT molecular complexity index is 658. The van der Waals surface area contributed by atoms with E-state index in [2.05, 4.69) is 10.8 Å². The van der Waals surface area contributed by atoms with Crippen LogP contribution in [0.5, 0.6) is 0 Å². The number of hydroxylamine groups is 1. The molecule has 1 rings (SSSR count). The monoisotopic (exact) mass is 354 g/mol. The normalized spacial score (nSPS) is 11.7. The topological polar surface area (TPSA) is 154 Å². The van der Waals surface area contributed by atoms with Gasteiger partial charge in [-0.05, 0) is 12.8 Å². The van der Waals surface area contributed by atoms with Gasteiger partial charge in [0.05, 0.1) is 28.1 Å². The summed E-state index contributed by atoms with van der Waals surface area (Å²) < 4.78 is 0. The summed E-state index contributed by atoms with van der Waals surface area (Å²) in [7, 11) is 0. The molecule has 2 N–H and O–H groups in total. The van der Waals surface area contributed by atoms with Crippen molar-refractivity contribution >= 4 is 23.2 Å². The van der Waals surface area contributed by atoms with Crippen LogP contribution in [0.25, 0.3) is 0 Å². The molecule has 0 aliphatic rings. The molecule has 0 fully saturated rings. The smallest absolute Gasteiger partial charge is 0.277 e. The highest BCUT2D eigenvalue weighted by Gasteiger charge is 2.27. The van der Waals surface area contributed by atoms with Crippen LogP contribution in [0.3, 0.4) is 0 Å². The van der Waals surface area contributed by atoms with E-state index in [0.717, 1.165) is 18.2 Å².